The van der Waals surface area contributed by atoms with E-state index in [4.69, 9.17) is 11.6 Å². The van der Waals surface area contributed by atoms with Crippen LogP contribution in [-0.4, -0.2) is 6.36 Å². The van der Waals surface area contributed by atoms with E-state index in [2.05, 4.69) is 9.47 Å². The zero-order valence-electron chi connectivity index (χ0n) is 21.7. The van der Waals surface area contributed by atoms with E-state index >= 15 is 0 Å². The molecular formula is C30H16ClF11O2. The van der Waals surface area contributed by atoms with Gasteiger partial charge < -0.3 is 9.47 Å². The van der Waals surface area contributed by atoms with E-state index in [1.165, 1.54) is 0 Å². The Kier molecular flexibility index (Phi) is 9.47. The van der Waals surface area contributed by atoms with Crippen LogP contribution in [0, 0.1) is 23.3 Å². The summed E-state index contributed by atoms with van der Waals surface area (Å²) >= 11 is 6.03. The Labute approximate surface area is 246 Å². The van der Waals surface area contributed by atoms with Crippen LogP contribution < -0.4 is 9.47 Å². The summed E-state index contributed by atoms with van der Waals surface area (Å²) in [5, 5.41) is -0.573. The van der Waals surface area contributed by atoms with Crippen molar-refractivity contribution in [3.63, 3.8) is 0 Å². The second-order valence-electron chi connectivity index (χ2n) is 9.13. The SMILES string of the molecule is FC(F)=CCCc1ccc(-c2cc(F)c(OC(F)(F)c3ccc(-c4cc(F)c(OC(F)(F)F)c(F)c4)c(F)c3)c(Cl)c2)cc1. The van der Waals surface area contributed by atoms with Crippen LogP contribution in [0.2, 0.25) is 5.02 Å². The first-order chi connectivity index (χ1) is 20.5. The number of aryl methyl sites for hydroxylation is 1. The largest absolute Gasteiger partial charge is 0.573 e. The Hall–Kier alpha value is -4.26. The van der Waals surface area contributed by atoms with Gasteiger partial charge in [0.2, 0.25) is 5.75 Å². The van der Waals surface area contributed by atoms with Crippen LogP contribution in [-0.2, 0) is 12.5 Å². The molecule has 4 aromatic rings. The van der Waals surface area contributed by atoms with Gasteiger partial charge in [-0.25, -0.2) is 17.6 Å². The van der Waals surface area contributed by atoms with Crippen molar-refractivity contribution in [1.29, 1.82) is 0 Å². The van der Waals surface area contributed by atoms with Gasteiger partial charge in [0.25, 0.3) is 6.08 Å². The molecule has 0 aliphatic carbocycles. The Morgan fingerprint density at radius 1 is 0.659 bits per heavy atom. The number of alkyl halides is 5. The summed E-state index contributed by atoms with van der Waals surface area (Å²) in [5.41, 5.74) is -1.15. The first-order valence-corrected chi connectivity index (χ1v) is 12.6. The maximum Gasteiger partial charge on any atom is 0.573 e. The molecular weight excluding hydrogens is 637 g/mol. The number of benzene rings is 4. The smallest absolute Gasteiger partial charge is 0.424 e. The number of hydrogen-bond donors (Lipinski definition) is 0. The molecule has 2 nitrogen and oxygen atoms in total. The quantitative estimate of drug-likeness (QED) is 0.168. The third-order valence-electron chi connectivity index (χ3n) is 6.08. The monoisotopic (exact) mass is 652 g/mol. The summed E-state index contributed by atoms with van der Waals surface area (Å²) in [6, 6.07) is 10.4. The van der Waals surface area contributed by atoms with Gasteiger partial charge in [0, 0.05) is 5.56 Å². The molecule has 0 amide bonds. The minimum Gasteiger partial charge on any atom is -0.424 e. The molecule has 14 heteroatoms. The van der Waals surface area contributed by atoms with E-state index in [9.17, 15) is 48.3 Å². The molecule has 0 heterocycles. The molecule has 0 aromatic heterocycles. The topological polar surface area (TPSA) is 18.5 Å². The molecule has 4 rings (SSSR count). The number of ether oxygens (including phenoxy) is 2. The normalized spacial score (nSPS) is 11.8. The van der Waals surface area contributed by atoms with Crippen molar-refractivity contribution >= 4 is 11.6 Å². The second-order valence-corrected chi connectivity index (χ2v) is 9.54. The summed E-state index contributed by atoms with van der Waals surface area (Å²) in [6.07, 6.45) is -10.4. The van der Waals surface area contributed by atoms with Crippen LogP contribution in [0.1, 0.15) is 17.5 Å². The molecule has 232 valence electrons. The van der Waals surface area contributed by atoms with Gasteiger partial charge in [-0.1, -0.05) is 41.9 Å². The van der Waals surface area contributed by atoms with Crippen molar-refractivity contribution in [2.24, 2.45) is 0 Å². The summed E-state index contributed by atoms with van der Waals surface area (Å²) in [4.78, 5) is 0. The van der Waals surface area contributed by atoms with Gasteiger partial charge in [0.15, 0.2) is 23.2 Å². The van der Waals surface area contributed by atoms with Crippen molar-refractivity contribution in [1.82, 2.24) is 0 Å². The Balaban J connectivity index is 1.55. The van der Waals surface area contributed by atoms with Crippen molar-refractivity contribution in [3.05, 3.63) is 118 Å². The van der Waals surface area contributed by atoms with E-state index in [-0.39, 0.29) is 18.1 Å². The Bertz CT molecular complexity index is 1650. The molecule has 0 spiro atoms. The standard InChI is InChI=1S/C30H16ClF11O2/c31-21-10-17(16-6-4-15(5-7-16)2-1-3-26(36)37)11-23(33)27(21)43-29(38,39)19-8-9-20(22(32)14-19)18-12-24(34)28(25(35)13-18)44-30(40,41)42/h3-14H,1-2H2. The minimum atomic E-state index is -5.42. The number of rotatable bonds is 9. The predicted octanol–water partition coefficient (Wildman–Crippen LogP) is 11.0. The second kappa shape index (κ2) is 12.8. The van der Waals surface area contributed by atoms with Crippen molar-refractivity contribution in [3.8, 4) is 33.8 Å². The van der Waals surface area contributed by atoms with Gasteiger partial charge in [0.1, 0.15) is 5.82 Å². The van der Waals surface area contributed by atoms with Gasteiger partial charge in [-0.3, -0.25) is 0 Å². The van der Waals surface area contributed by atoms with E-state index < -0.39 is 75.0 Å². The first-order valence-electron chi connectivity index (χ1n) is 12.3. The fraction of sp³-hybridized carbons (Fsp3) is 0.133. The number of halogens is 12. The lowest BCUT2D eigenvalue weighted by molar-refractivity contribution is -0.276. The highest BCUT2D eigenvalue weighted by Gasteiger charge is 2.38. The molecule has 0 bridgehead atoms. The first kappa shape index (κ1) is 32.6. The fourth-order valence-electron chi connectivity index (χ4n) is 4.08. The van der Waals surface area contributed by atoms with E-state index in [1.54, 1.807) is 24.3 Å². The predicted molar refractivity (Wildman–Crippen MR) is 138 cm³/mol. The molecule has 0 saturated heterocycles. The van der Waals surface area contributed by atoms with Crippen LogP contribution in [0.5, 0.6) is 11.5 Å². The number of hydrogen-bond acceptors (Lipinski definition) is 2. The average molecular weight is 653 g/mol. The Morgan fingerprint density at radius 2 is 1.25 bits per heavy atom. The summed E-state index contributed by atoms with van der Waals surface area (Å²) in [7, 11) is 0. The highest BCUT2D eigenvalue weighted by molar-refractivity contribution is 6.32. The zero-order valence-corrected chi connectivity index (χ0v) is 22.5. The molecule has 0 atom stereocenters. The highest BCUT2D eigenvalue weighted by Crippen LogP contribution is 2.41. The maximum absolute atomic E-state index is 15.0. The van der Waals surface area contributed by atoms with Gasteiger partial charge in [-0.15, -0.1) is 13.2 Å². The minimum absolute atomic E-state index is 0.0972. The van der Waals surface area contributed by atoms with Crippen LogP contribution >= 0.6 is 11.6 Å². The molecule has 0 saturated carbocycles. The van der Waals surface area contributed by atoms with E-state index in [0.717, 1.165) is 18.2 Å². The maximum atomic E-state index is 15.0. The summed E-state index contributed by atoms with van der Waals surface area (Å²) < 4.78 is 157. The third-order valence-corrected chi connectivity index (χ3v) is 6.36. The van der Waals surface area contributed by atoms with Gasteiger partial charge >= 0.3 is 12.5 Å². The molecule has 0 unspecified atom stereocenters. The lowest BCUT2D eigenvalue weighted by Crippen LogP contribution is -2.23. The molecule has 0 aliphatic heterocycles. The van der Waals surface area contributed by atoms with Gasteiger partial charge in [-0.05, 0) is 77.6 Å². The molecule has 0 aliphatic rings. The number of allylic oxidation sites excluding steroid dienone is 1. The van der Waals surface area contributed by atoms with Crippen molar-refractivity contribution in [2.45, 2.75) is 25.3 Å². The van der Waals surface area contributed by atoms with Gasteiger partial charge in [-0.2, -0.15) is 17.6 Å². The Morgan fingerprint density at radius 3 is 1.80 bits per heavy atom. The fourth-order valence-corrected chi connectivity index (χ4v) is 4.33. The third kappa shape index (κ3) is 7.81. The van der Waals surface area contributed by atoms with Crippen LogP contribution in [0.15, 0.2) is 78.9 Å². The van der Waals surface area contributed by atoms with Crippen LogP contribution in [0.25, 0.3) is 22.3 Å². The van der Waals surface area contributed by atoms with Crippen molar-refractivity contribution < 1.29 is 57.8 Å². The van der Waals surface area contributed by atoms with Crippen LogP contribution in [0.4, 0.5) is 48.3 Å². The zero-order chi connectivity index (χ0) is 32.4. The molecule has 0 fully saturated rings. The molecule has 44 heavy (non-hydrogen) atoms. The molecule has 0 N–H and O–H groups in total. The molecule has 0 radical (unpaired) electrons. The lowest BCUT2D eigenvalue weighted by Gasteiger charge is -2.20. The van der Waals surface area contributed by atoms with E-state index in [0.29, 0.717) is 41.8 Å². The summed E-state index contributed by atoms with van der Waals surface area (Å²) in [5.74, 6) is -9.30. The van der Waals surface area contributed by atoms with Gasteiger partial charge in [0.05, 0.1) is 10.6 Å². The highest BCUT2D eigenvalue weighted by atomic mass is 35.5. The van der Waals surface area contributed by atoms with E-state index in [1.807, 2.05) is 0 Å². The molecule has 4 aromatic carbocycles. The van der Waals surface area contributed by atoms with Crippen molar-refractivity contribution in [2.75, 3.05) is 0 Å². The average Bonchev–Trinajstić information content (AvgIpc) is 2.92. The van der Waals surface area contributed by atoms with Crippen LogP contribution in [0.3, 0.4) is 0 Å². The summed E-state index contributed by atoms with van der Waals surface area (Å²) in [6.45, 7) is 0. The lowest BCUT2D eigenvalue weighted by atomic mass is 10.0.